The smallest absolute Gasteiger partial charge is 0.242 e. The van der Waals surface area contributed by atoms with Crippen molar-refractivity contribution in [3.63, 3.8) is 0 Å². The minimum Gasteiger partial charge on any atom is -0.352 e. The van der Waals surface area contributed by atoms with Crippen LogP contribution in [0.5, 0.6) is 0 Å². The molecular formula is C13H21N3O2S. The van der Waals surface area contributed by atoms with Gasteiger partial charge in [-0.05, 0) is 37.2 Å². The van der Waals surface area contributed by atoms with Crippen LogP contribution in [0.15, 0.2) is 17.2 Å². The molecule has 106 valence electrons. The second kappa shape index (κ2) is 4.61. The van der Waals surface area contributed by atoms with Crippen molar-refractivity contribution >= 4 is 10.0 Å². The molecule has 0 saturated heterocycles. The number of aryl methyl sites for hydroxylation is 1. The molecule has 3 rings (SSSR count). The van der Waals surface area contributed by atoms with E-state index in [-0.39, 0.29) is 6.04 Å². The average molecular weight is 283 g/mol. The zero-order chi connectivity index (χ0) is 13.6. The highest BCUT2D eigenvalue weighted by molar-refractivity contribution is 7.89. The Morgan fingerprint density at radius 2 is 2.21 bits per heavy atom. The van der Waals surface area contributed by atoms with Gasteiger partial charge in [-0.25, -0.2) is 13.1 Å². The number of sulfonamides is 1. The number of rotatable bonds is 4. The molecule has 0 aromatic carbocycles. The highest BCUT2D eigenvalue weighted by Gasteiger charge is 2.41. The SMILES string of the molecule is Cn1cc(S(=O)(=O)NC2CC3CCC2C3)cc1CN. The molecule has 1 aromatic rings. The number of nitrogens with one attached hydrogen (secondary N) is 1. The van der Waals surface area contributed by atoms with Crippen molar-refractivity contribution in [2.75, 3.05) is 0 Å². The molecule has 5 nitrogen and oxygen atoms in total. The van der Waals surface area contributed by atoms with Gasteiger partial charge in [-0.15, -0.1) is 0 Å². The Labute approximate surface area is 114 Å². The summed E-state index contributed by atoms with van der Waals surface area (Å²) >= 11 is 0. The van der Waals surface area contributed by atoms with Gasteiger partial charge in [-0.2, -0.15) is 0 Å². The predicted molar refractivity (Wildman–Crippen MR) is 72.9 cm³/mol. The standard InChI is InChI=1S/C13H21N3O2S/c1-16-8-12(6-11(16)7-14)19(17,18)15-13-5-9-2-3-10(13)4-9/h6,8-10,13,15H,2-5,7,14H2,1H3. The number of fused-ring (bicyclic) bond motifs is 2. The first-order chi connectivity index (χ1) is 8.99. The number of hydrogen-bond donors (Lipinski definition) is 2. The quantitative estimate of drug-likeness (QED) is 0.863. The van der Waals surface area contributed by atoms with Crippen LogP contribution in [0.2, 0.25) is 0 Å². The highest BCUT2D eigenvalue weighted by Crippen LogP contribution is 2.44. The largest absolute Gasteiger partial charge is 0.352 e. The number of nitrogens with zero attached hydrogens (tertiary/aromatic N) is 1. The molecule has 2 bridgehead atoms. The molecule has 0 amide bonds. The minimum atomic E-state index is -3.40. The maximum absolute atomic E-state index is 12.4. The third-order valence-electron chi connectivity index (χ3n) is 4.65. The average Bonchev–Trinajstić information content (AvgIpc) is 3.02. The Bertz CT molecular complexity index is 579. The minimum absolute atomic E-state index is 0.130. The van der Waals surface area contributed by atoms with E-state index in [0.29, 0.717) is 17.4 Å². The van der Waals surface area contributed by atoms with Crippen LogP contribution >= 0.6 is 0 Å². The third-order valence-corrected chi connectivity index (χ3v) is 6.10. The van der Waals surface area contributed by atoms with E-state index in [4.69, 9.17) is 5.73 Å². The van der Waals surface area contributed by atoms with Crippen molar-refractivity contribution in [1.29, 1.82) is 0 Å². The fraction of sp³-hybridized carbons (Fsp3) is 0.692. The van der Waals surface area contributed by atoms with Crippen molar-refractivity contribution in [3.8, 4) is 0 Å². The lowest BCUT2D eigenvalue weighted by Gasteiger charge is -2.22. The summed E-state index contributed by atoms with van der Waals surface area (Å²) in [6, 6.07) is 1.79. The summed E-state index contributed by atoms with van der Waals surface area (Å²) in [5.41, 5.74) is 6.41. The van der Waals surface area contributed by atoms with Crippen LogP contribution in [0.4, 0.5) is 0 Å². The summed E-state index contributed by atoms with van der Waals surface area (Å²) in [6.07, 6.45) is 6.26. The van der Waals surface area contributed by atoms with Crippen molar-refractivity contribution in [3.05, 3.63) is 18.0 Å². The molecule has 2 fully saturated rings. The Kier molecular flexibility index (Phi) is 3.19. The lowest BCUT2D eigenvalue weighted by molar-refractivity contribution is 0.390. The molecule has 0 spiro atoms. The number of nitrogens with two attached hydrogens (primary N) is 1. The molecule has 3 N–H and O–H groups in total. The van der Waals surface area contributed by atoms with Crippen LogP contribution in [0.3, 0.4) is 0 Å². The summed E-state index contributed by atoms with van der Waals surface area (Å²) in [7, 11) is -1.59. The van der Waals surface area contributed by atoms with Crippen molar-refractivity contribution in [2.45, 2.75) is 43.2 Å². The zero-order valence-corrected chi connectivity index (χ0v) is 12.0. The van der Waals surface area contributed by atoms with Crippen molar-refractivity contribution in [2.24, 2.45) is 24.6 Å². The van der Waals surface area contributed by atoms with Gasteiger partial charge in [-0.3, -0.25) is 0 Å². The van der Waals surface area contributed by atoms with Gasteiger partial charge in [0.15, 0.2) is 0 Å². The molecule has 0 aliphatic heterocycles. The highest BCUT2D eigenvalue weighted by atomic mass is 32.2. The second-order valence-corrected chi connectivity index (χ2v) is 7.60. The molecule has 0 radical (unpaired) electrons. The van der Waals surface area contributed by atoms with Crippen LogP contribution in [-0.4, -0.2) is 19.0 Å². The molecular weight excluding hydrogens is 262 g/mol. The molecule has 1 aromatic heterocycles. The Balaban J connectivity index is 1.78. The summed E-state index contributed by atoms with van der Waals surface area (Å²) in [5.74, 6) is 1.27. The van der Waals surface area contributed by atoms with Crippen LogP contribution in [0.25, 0.3) is 0 Å². The van der Waals surface area contributed by atoms with Gasteiger partial charge in [-0.1, -0.05) is 6.42 Å². The Morgan fingerprint density at radius 3 is 2.74 bits per heavy atom. The molecule has 3 unspecified atom stereocenters. The fourth-order valence-electron chi connectivity index (χ4n) is 3.58. The van der Waals surface area contributed by atoms with Gasteiger partial charge < -0.3 is 10.3 Å². The summed E-state index contributed by atoms with van der Waals surface area (Å²) in [6.45, 7) is 0.347. The van der Waals surface area contributed by atoms with Gasteiger partial charge >= 0.3 is 0 Å². The van der Waals surface area contributed by atoms with Crippen LogP contribution in [0.1, 0.15) is 31.4 Å². The van der Waals surface area contributed by atoms with Crippen molar-refractivity contribution in [1.82, 2.24) is 9.29 Å². The Hall–Kier alpha value is -0.850. The van der Waals surface area contributed by atoms with E-state index in [1.807, 2.05) is 7.05 Å². The summed E-state index contributed by atoms with van der Waals surface area (Å²) in [4.78, 5) is 0.332. The van der Waals surface area contributed by atoms with Gasteiger partial charge in [0, 0.05) is 31.5 Å². The van der Waals surface area contributed by atoms with Crippen LogP contribution in [-0.2, 0) is 23.6 Å². The zero-order valence-electron chi connectivity index (χ0n) is 11.2. The first-order valence-electron chi connectivity index (χ1n) is 6.87. The molecule has 19 heavy (non-hydrogen) atoms. The van der Waals surface area contributed by atoms with Crippen molar-refractivity contribution < 1.29 is 8.42 Å². The van der Waals surface area contributed by atoms with Gasteiger partial charge in [0.25, 0.3) is 0 Å². The first-order valence-corrected chi connectivity index (χ1v) is 8.35. The maximum atomic E-state index is 12.4. The number of aromatic nitrogens is 1. The van der Waals surface area contributed by atoms with E-state index in [1.165, 1.54) is 19.3 Å². The summed E-state index contributed by atoms with van der Waals surface area (Å²) in [5, 5.41) is 0. The van der Waals surface area contributed by atoms with E-state index in [0.717, 1.165) is 18.0 Å². The topological polar surface area (TPSA) is 77.1 Å². The van der Waals surface area contributed by atoms with Gasteiger partial charge in [0.2, 0.25) is 10.0 Å². The molecule has 2 aliphatic rings. The lowest BCUT2D eigenvalue weighted by atomic mass is 9.96. The van der Waals surface area contributed by atoms with E-state index >= 15 is 0 Å². The molecule has 2 aliphatic carbocycles. The van der Waals surface area contributed by atoms with E-state index in [1.54, 1.807) is 16.8 Å². The molecule has 2 saturated carbocycles. The van der Waals surface area contributed by atoms with E-state index in [9.17, 15) is 8.42 Å². The molecule has 1 heterocycles. The van der Waals surface area contributed by atoms with Crippen LogP contribution in [0, 0.1) is 11.8 Å². The Morgan fingerprint density at radius 1 is 1.42 bits per heavy atom. The first kappa shape index (κ1) is 13.1. The number of hydrogen-bond acceptors (Lipinski definition) is 3. The summed E-state index contributed by atoms with van der Waals surface area (Å²) < 4.78 is 29.4. The van der Waals surface area contributed by atoms with E-state index in [2.05, 4.69) is 4.72 Å². The third kappa shape index (κ3) is 2.32. The molecule has 3 atom stereocenters. The van der Waals surface area contributed by atoms with Gasteiger partial charge in [0.1, 0.15) is 0 Å². The van der Waals surface area contributed by atoms with Crippen LogP contribution < -0.4 is 10.5 Å². The van der Waals surface area contributed by atoms with Gasteiger partial charge in [0.05, 0.1) is 4.90 Å². The maximum Gasteiger partial charge on any atom is 0.242 e. The second-order valence-electron chi connectivity index (χ2n) is 5.88. The monoisotopic (exact) mass is 283 g/mol. The normalized spacial score (nSPS) is 30.1. The predicted octanol–water partition coefficient (Wildman–Crippen LogP) is 0.951. The lowest BCUT2D eigenvalue weighted by Crippen LogP contribution is -2.38. The van der Waals surface area contributed by atoms with E-state index < -0.39 is 10.0 Å². The fourth-order valence-corrected chi connectivity index (χ4v) is 4.99. The molecule has 6 heteroatoms.